The topological polar surface area (TPSA) is 96.0 Å². The van der Waals surface area contributed by atoms with Gasteiger partial charge in [-0.3, -0.25) is 0 Å². The first kappa shape index (κ1) is 21.7. The van der Waals surface area contributed by atoms with Crippen LogP contribution in [0.15, 0.2) is 29.2 Å². The third-order valence-electron chi connectivity index (χ3n) is 5.17. The van der Waals surface area contributed by atoms with Crippen LogP contribution >= 0.6 is 0 Å². The molecule has 2 heterocycles. The lowest BCUT2D eigenvalue weighted by atomic mass is 9.94. The van der Waals surface area contributed by atoms with E-state index in [1.165, 1.54) is 20.7 Å². The van der Waals surface area contributed by atoms with Gasteiger partial charge in [0.2, 0.25) is 10.0 Å². The predicted octanol–water partition coefficient (Wildman–Crippen LogP) is 1.02. The van der Waals surface area contributed by atoms with Crippen molar-refractivity contribution in [3.63, 3.8) is 0 Å². The summed E-state index contributed by atoms with van der Waals surface area (Å²) < 4.78 is 61.2. The average molecular weight is 432 g/mol. The van der Waals surface area contributed by atoms with Gasteiger partial charge < -0.3 is 4.74 Å². The van der Waals surface area contributed by atoms with Crippen LogP contribution < -0.4 is 4.72 Å². The summed E-state index contributed by atoms with van der Waals surface area (Å²) in [5.74, 6) is 0.676. The fraction of sp³-hybridized carbons (Fsp3) is 0.667. The Hall–Kier alpha value is -1.04. The van der Waals surface area contributed by atoms with Crippen LogP contribution in [-0.2, 0) is 31.5 Å². The van der Waals surface area contributed by atoms with Crippen molar-refractivity contribution in [2.24, 2.45) is 11.8 Å². The highest BCUT2D eigenvalue weighted by Crippen LogP contribution is 2.23. The van der Waals surface area contributed by atoms with Crippen LogP contribution in [0.5, 0.6) is 0 Å². The molecule has 0 aliphatic carbocycles. The van der Waals surface area contributed by atoms with E-state index in [9.17, 15) is 16.8 Å². The number of rotatable bonds is 6. The molecule has 158 valence electrons. The zero-order valence-corrected chi connectivity index (χ0v) is 18.0. The van der Waals surface area contributed by atoms with E-state index in [-0.39, 0.29) is 11.4 Å². The number of morpholine rings is 1. The molecule has 0 aromatic heterocycles. The molecular formula is C18H29N3O5S2. The number of benzene rings is 1. The molecule has 0 unspecified atom stereocenters. The molecule has 0 bridgehead atoms. The molecule has 0 spiro atoms. The van der Waals surface area contributed by atoms with Crippen molar-refractivity contribution in [3.05, 3.63) is 29.8 Å². The second kappa shape index (κ2) is 8.76. The van der Waals surface area contributed by atoms with Crippen LogP contribution in [0.25, 0.3) is 0 Å². The lowest BCUT2D eigenvalue weighted by molar-refractivity contribution is 0.0730. The Labute approximate surface area is 168 Å². The quantitative estimate of drug-likeness (QED) is 0.726. The second-order valence-electron chi connectivity index (χ2n) is 7.75. The van der Waals surface area contributed by atoms with E-state index in [2.05, 4.69) is 18.6 Å². The average Bonchev–Trinajstić information content (AvgIpc) is 2.67. The summed E-state index contributed by atoms with van der Waals surface area (Å²) in [7, 11) is -7.11. The summed E-state index contributed by atoms with van der Waals surface area (Å²) in [6.45, 7) is 6.77. The van der Waals surface area contributed by atoms with E-state index in [1.807, 2.05) is 0 Å². The molecule has 2 aliphatic rings. The Morgan fingerprint density at radius 2 is 1.54 bits per heavy atom. The maximum Gasteiger partial charge on any atom is 0.279 e. The van der Waals surface area contributed by atoms with Crippen LogP contribution in [0.1, 0.15) is 25.8 Å². The largest absolute Gasteiger partial charge is 0.379 e. The molecule has 2 atom stereocenters. The van der Waals surface area contributed by atoms with Crippen LogP contribution in [-0.4, -0.2) is 64.8 Å². The molecule has 3 rings (SSSR count). The van der Waals surface area contributed by atoms with E-state index >= 15 is 0 Å². The Bertz CT molecular complexity index is 855. The maximum absolute atomic E-state index is 12.6. The zero-order valence-electron chi connectivity index (χ0n) is 16.4. The van der Waals surface area contributed by atoms with Crippen molar-refractivity contribution >= 4 is 20.2 Å². The number of sulfonamides is 1. The highest BCUT2D eigenvalue weighted by Gasteiger charge is 2.30. The van der Waals surface area contributed by atoms with Crippen LogP contribution in [0, 0.1) is 11.8 Å². The molecule has 0 amide bonds. The van der Waals surface area contributed by atoms with E-state index in [1.54, 1.807) is 12.1 Å². The summed E-state index contributed by atoms with van der Waals surface area (Å²) in [5, 5.41) is 0. The van der Waals surface area contributed by atoms with Crippen molar-refractivity contribution in [2.75, 3.05) is 39.4 Å². The van der Waals surface area contributed by atoms with E-state index in [4.69, 9.17) is 4.74 Å². The summed E-state index contributed by atoms with van der Waals surface area (Å²) >= 11 is 0. The maximum atomic E-state index is 12.6. The molecule has 2 saturated heterocycles. The van der Waals surface area contributed by atoms with Gasteiger partial charge in [0.05, 0.1) is 18.1 Å². The van der Waals surface area contributed by atoms with Crippen molar-refractivity contribution in [2.45, 2.75) is 31.7 Å². The lowest BCUT2D eigenvalue weighted by Crippen LogP contribution is -2.47. The normalized spacial score (nSPS) is 25.6. The number of piperidine rings is 1. The minimum atomic E-state index is -3.56. The van der Waals surface area contributed by atoms with Crippen molar-refractivity contribution in [1.82, 2.24) is 13.3 Å². The first-order valence-electron chi connectivity index (χ1n) is 9.60. The number of hydrogen-bond acceptors (Lipinski definition) is 5. The van der Waals surface area contributed by atoms with Crippen molar-refractivity contribution in [3.8, 4) is 0 Å². The second-order valence-corrected chi connectivity index (χ2v) is 11.4. The smallest absolute Gasteiger partial charge is 0.279 e. The van der Waals surface area contributed by atoms with Gasteiger partial charge in [-0.15, -0.1) is 0 Å². The Balaban J connectivity index is 1.62. The van der Waals surface area contributed by atoms with Gasteiger partial charge in [-0.2, -0.15) is 21.8 Å². The first-order valence-corrected chi connectivity index (χ1v) is 12.5. The molecule has 10 heteroatoms. The van der Waals surface area contributed by atoms with Crippen LogP contribution in [0.2, 0.25) is 0 Å². The SMILES string of the molecule is C[C@@H]1C[C@H](C)CN(S(=O)(=O)NCc2ccc(S(=O)(=O)N3CCOCC3)cc2)C1. The highest BCUT2D eigenvalue weighted by molar-refractivity contribution is 7.89. The van der Waals surface area contributed by atoms with Gasteiger partial charge in [0, 0.05) is 32.7 Å². The molecule has 1 aromatic carbocycles. The highest BCUT2D eigenvalue weighted by atomic mass is 32.2. The van der Waals surface area contributed by atoms with E-state index < -0.39 is 20.2 Å². The van der Waals surface area contributed by atoms with Gasteiger partial charge in [0.1, 0.15) is 0 Å². The van der Waals surface area contributed by atoms with Gasteiger partial charge >= 0.3 is 0 Å². The minimum Gasteiger partial charge on any atom is -0.379 e. The van der Waals surface area contributed by atoms with Gasteiger partial charge in [-0.25, -0.2) is 8.42 Å². The molecule has 1 aromatic rings. The number of nitrogens with one attached hydrogen (secondary N) is 1. The fourth-order valence-electron chi connectivity index (χ4n) is 3.78. The van der Waals surface area contributed by atoms with Crippen LogP contribution in [0.4, 0.5) is 0 Å². The Kier molecular flexibility index (Phi) is 6.78. The Morgan fingerprint density at radius 1 is 0.964 bits per heavy atom. The minimum absolute atomic E-state index is 0.124. The monoisotopic (exact) mass is 431 g/mol. The Morgan fingerprint density at radius 3 is 2.11 bits per heavy atom. The van der Waals surface area contributed by atoms with Gasteiger partial charge in [0.15, 0.2) is 0 Å². The molecule has 2 fully saturated rings. The summed E-state index contributed by atoms with van der Waals surface area (Å²) in [4.78, 5) is 0.208. The molecule has 1 N–H and O–H groups in total. The van der Waals surface area contributed by atoms with Crippen LogP contribution in [0.3, 0.4) is 0 Å². The van der Waals surface area contributed by atoms with E-state index in [0.717, 1.165) is 6.42 Å². The summed E-state index contributed by atoms with van der Waals surface area (Å²) in [6, 6.07) is 6.35. The third kappa shape index (κ3) is 5.11. The number of ether oxygens (including phenoxy) is 1. The zero-order chi connectivity index (χ0) is 20.4. The summed E-state index contributed by atoms with van der Waals surface area (Å²) in [6.07, 6.45) is 1.03. The number of nitrogens with zero attached hydrogens (tertiary/aromatic N) is 2. The molecule has 0 saturated carbocycles. The van der Waals surface area contributed by atoms with E-state index in [0.29, 0.717) is 56.8 Å². The van der Waals surface area contributed by atoms with Crippen molar-refractivity contribution < 1.29 is 21.6 Å². The predicted molar refractivity (Wildman–Crippen MR) is 106 cm³/mol. The van der Waals surface area contributed by atoms with Gasteiger partial charge in [0.25, 0.3) is 10.2 Å². The van der Waals surface area contributed by atoms with Gasteiger partial charge in [-0.1, -0.05) is 26.0 Å². The molecule has 2 aliphatic heterocycles. The molecule has 0 radical (unpaired) electrons. The number of hydrogen-bond donors (Lipinski definition) is 1. The fourth-order valence-corrected chi connectivity index (χ4v) is 6.62. The molecular weight excluding hydrogens is 402 g/mol. The van der Waals surface area contributed by atoms with Gasteiger partial charge in [-0.05, 0) is 36.0 Å². The molecule has 28 heavy (non-hydrogen) atoms. The first-order chi connectivity index (χ1) is 13.2. The summed E-state index contributed by atoms with van der Waals surface area (Å²) in [5.41, 5.74) is 0.711. The third-order valence-corrected chi connectivity index (χ3v) is 8.57. The lowest BCUT2D eigenvalue weighted by Gasteiger charge is -2.33. The molecule has 8 nitrogen and oxygen atoms in total. The standard InChI is InChI=1S/C18H29N3O5S2/c1-15-11-16(2)14-21(13-15)28(24,25)19-12-17-3-5-18(6-4-17)27(22,23)20-7-9-26-10-8-20/h3-6,15-16,19H,7-14H2,1-2H3/t15-,16+. The van der Waals surface area contributed by atoms with Crippen molar-refractivity contribution in [1.29, 1.82) is 0 Å².